The highest BCUT2D eigenvalue weighted by molar-refractivity contribution is 5.91. The Hall–Kier alpha value is -3.22. The summed E-state index contributed by atoms with van der Waals surface area (Å²) in [6.45, 7) is 0. The number of benzene rings is 1. The molecule has 0 spiro atoms. The molecule has 3 N–H and O–H groups in total. The number of halogens is 1. The molecule has 6 nitrogen and oxygen atoms in total. The number of nitrogens with zero attached hydrogens (tertiary/aromatic N) is 2. The van der Waals surface area contributed by atoms with E-state index in [1.165, 1.54) is 12.1 Å². The number of hydrogen-bond acceptors (Lipinski definition) is 4. The molecule has 1 amide bonds. The first kappa shape index (κ1) is 20.1. The summed E-state index contributed by atoms with van der Waals surface area (Å²) in [6.07, 6.45) is 7.81. The Labute approximate surface area is 174 Å². The molecular formula is C23H24FN3O3. The third-order valence-electron chi connectivity index (χ3n) is 6.23. The van der Waals surface area contributed by atoms with E-state index in [0.717, 1.165) is 41.8 Å². The Morgan fingerprint density at radius 1 is 1.23 bits per heavy atom. The predicted molar refractivity (Wildman–Crippen MR) is 112 cm³/mol. The smallest absolute Gasteiger partial charge is 0.404 e. The van der Waals surface area contributed by atoms with Gasteiger partial charge >= 0.3 is 6.09 Å². The summed E-state index contributed by atoms with van der Waals surface area (Å²) in [7, 11) is 0. The second-order valence-corrected chi connectivity index (χ2v) is 8.05. The Bertz CT molecular complexity index is 974. The Morgan fingerprint density at radius 3 is 2.80 bits per heavy atom. The van der Waals surface area contributed by atoms with E-state index < -0.39 is 6.09 Å². The molecule has 0 aliphatic heterocycles. The van der Waals surface area contributed by atoms with Gasteiger partial charge in [0.25, 0.3) is 0 Å². The zero-order valence-corrected chi connectivity index (χ0v) is 16.4. The molecule has 0 radical (unpaired) electrons. The fourth-order valence-corrected chi connectivity index (χ4v) is 4.86. The van der Waals surface area contributed by atoms with Crippen molar-refractivity contribution in [2.45, 2.75) is 31.7 Å². The third-order valence-corrected chi connectivity index (χ3v) is 6.23. The van der Waals surface area contributed by atoms with Gasteiger partial charge in [-0.1, -0.05) is 29.4 Å². The number of fused-ring (bicyclic) bond motifs is 1. The van der Waals surface area contributed by atoms with Crippen LogP contribution in [-0.2, 0) is 0 Å². The van der Waals surface area contributed by atoms with Gasteiger partial charge in [-0.2, -0.15) is 0 Å². The molecule has 156 valence electrons. The predicted octanol–water partition coefficient (Wildman–Crippen LogP) is 4.80. The monoisotopic (exact) mass is 409 g/mol. The zero-order valence-electron chi connectivity index (χ0n) is 16.4. The highest BCUT2D eigenvalue weighted by Crippen LogP contribution is 2.45. The lowest BCUT2D eigenvalue weighted by Crippen LogP contribution is -2.39. The highest BCUT2D eigenvalue weighted by Gasteiger charge is 2.43. The highest BCUT2D eigenvalue weighted by atomic mass is 19.1. The maximum absolute atomic E-state index is 13.4. The van der Waals surface area contributed by atoms with Crippen LogP contribution in [0.1, 0.15) is 31.4 Å². The first-order chi connectivity index (χ1) is 14.5. The zero-order chi connectivity index (χ0) is 21.1. The van der Waals surface area contributed by atoms with E-state index in [1.54, 1.807) is 12.3 Å². The minimum Gasteiger partial charge on any atom is -0.465 e. The van der Waals surface area contributed by atoms with Crippen LogP contribution in [0.2, 0.25) is 0 Å². The van der Waals surface area contributed by atoms with E-state index in [9.17, 15) is 14.4 Å². The molecule has 4 atom stereocenters. The molecule has 2 fully saturated rings. The van der Waals surface area contributed by atoms with E-state index in [4.69, 9.17) is 5.11 Å². The van der Waals surface area contributed by atoms with Crippen LogP contribution in [-0.4, -0.2) is 33.1 Å². The van der Waals surface area contributed by atoms with E-state index >= 15 is 0 Å². The van der Waals surface area contributed by atoms with Crippen molar-refractivity contribution in [1.29, 1.82) is 0 Å². The number of carboxylic acid groups (broad SMARTS) is 1. The van der Waals surface area contributed by atoms with Crippen molar-refractivity contribution in [3.05, 3.63) is 60.2 Å². The van der Waals surface area contributed by atoms with Gasteiger partial charge in [0, 0.05) is 23.7 Å². The van der Waals surface area contributed by atoms with Crippen molar-refractivity contribution in [2.24, 2.45) is 22.9 Å². The summed E-state index contributed by atoms with van der Waals surface area (Å²) in [4.78, 5) is 15.4. The molecule has 2 aliphatic carbocycles. The lowest BCUT2D eigenvalue weighted by molar-refractivity contribution is 0.169. The Balaban J connectivity index is 1.46. The molecule has 2 aliphatic rings. The number of pyridine rings is 1. The minimum absolute atomic E-state index is 0.0236. The number of amides is 1. The summed E-state index contributed by atoms with van der Waals surface area (Å²) in [5, 5.41) is 24.5. The minimum atomic E-state index is -0.989. The Kier molecular flexibility index (Phi) is 5.79. The molecule has 0 saturated heterocycles. The number of allylic oxidation sites excluding steroid dienone is 1. The molecule has 0 bridgehead atoms. The number of rotatable bonds is 4. The summed E-state index contributed by atoms with van der Waals surface area (Å²) >= 11 is 0. The molecule has 2 aromatic rings. The lowest BCUT2D eigenvalue weighted by atomic mass is 9.76. The maximum Gasteiger partial charge on any atom is 0.404 e. The molecule has 2 saturated carbocycles. The van der Waals surface area contributed by atoms with Crippen LogP contribution in [0, 0.1) is 23.6 Å². The van der Waals surface area contributed by atoms with Gasteiger partial charge in [-0.25, -0.2) is 9.18 Å². The maximum atomic E-state index is 13.4. The van der Waals surface area contributed by atoms with Gasteiger partial charge in [-0.15, -0.1) is 0 Å². The largest absolute Gasteiger partial charge is 0.465 e. The molecule has 1 unspecified atom stereocenters. The average Bonchev–Trinajstić information content (AvgIpc) is 3.09. The molecule has 1 aromatic carbocycles. The first-order valence-corrected chi connectivity index (χ1v) is 10.1. The summed E-state index contributed by atoms with van der Waals surface area (Å²) in [5.41, 5.74) is 3.14. The second-order valence-electron chi connectivity index (χ2n) is 8.05. The van der Waals surface area contributed by atoms with Gasteiger partial charge in [0.05, 0.1) is 11.4 Å². The third kappa shape index (κ3) is 4.35. The van der Waals surface area contributed by atoms with Crippen molar-refractivity contribution in [1.82, 2.24) is 10.3 Å². The van der Waals surface area contributed by atoms with Crippen LogP contribution >= 0.6 is 0 Å². The van der Waals surface area contributed by atoms with Crippen LogP contribution < -0.4 is 5.32 Å². The summed E-state index contributed by atoms with van der Waals surface area (Å²) in [6, 6.07) is 10.1. The van der Waals surface area contributed by atoms with E-state index in [0.29, 0.717) is 18.3 Å². The van der Waals surface area contributed by atoms with Gasteiger partial charge in [0.2, 0.25) is 0 Å². The number of oxime groups is 1. The number of hydrogen-bond donors (Lipinski definition) is 3. The normalized spacial score (nSPS) is 27.3. The van der Waals surface area contributed by atoms with E-state index in [2.05, 4.69) is 15.5 Å². The molecule has 7 heteroatoms. The summed E-state index contributed by atoms with van der Waals surface area (Å²) in [5.74, 6) is 0.386. The Morgan fingerprint density at radius 2 is 2.10 bits per heavy atom. The quantitative estimate of drug-likeness (QED) is 0.499. The fourth-order valence-electron chi connectivity index (χ4n) is 4.86. The number of nitrogens with one attached hydrogen (secondary N) is 1. The molecule has 1 heterocycles. The molecule has 4 rings (SSSR count). The standard InChI is InChI=1S/C23H24FN3O3/c24-17-3-1-2-14(10-17)15-4-5-18(25-13-15)6-9-21-20-8-7-19(26-23(28)29)11-16(20)12-22(21)27-30/h1-6,9-10,13,16,19-21,26,30H,7-8,11-12H2,(H,28,29)/t16-,19?,20-,21+/m1/s1. The van der Waals surface area contributed by atoms with Crippen LogP contribution in [0.4, 0.5) is 9.18 Å². The van der Waals surface area contributed by atoms with Crippen molar-refractivity contribution < 1.29 is 19.5 Å². The van der Waals surface area contributed by atoms with Crippen molar-refractivity contribution in [3.8, 4) is 11.1 Å². The lowest BCUT2D eigenvalue weighted by Gasteiger charge is -2.33. The SMILES string of the molecule is O=C(O)NC1CC[C@@H]2[C@@H](CC(=NO)[C@H]2C=Cc2ccc(-c3cccc(F)c3)cn2)C1. The van der Waals surface area contributed by atoms with Gasteiger partial charge in [-0.3, -0.25) is 4.98 Å². The van der Waals surface area contributed by atoms with Gasteiger partial charge in [0.1, 0.15) is 5.82 Å². The van der Waals surface area contributed by atoms with Gasteiger partial charge < -0.3 is 15.6 Å². The number of carbonyl (C=O) groups is 1. The van der Waals surface area contributed by atoms with Crippen LogP contribution in [0.15, 0.2) is 53.8 Å². The number of aromatic nitrogens is 1. The van der Waals surface area contributed by atoms with Gasteiger partial charge in [0.15, 0.2) is 0 Å². The fraction of sp³-hybridized carbons (Fsp3) is 0.348. The topological polar surface area (TPSA) is 94.8 Å². The van der Waals surface area contributed by atoms with Crippen LogP contribution in [0.3, 0.4) is 0 Å². The summed E-state index contributed by atoms with van der Waals surface area (Å²) < 4.78 is 13.4. The van der Waals surface area contributed by atoms with Crippen molar-refractivity contribution in [3.63, 3.8) is 0 Å². The second kappa shape index (κ2) is 8.65. The van der Waals surface area contributed by atoms with Crippen LogP contribution in [0.25, 0.3) is 17.2 Å². The molecule has 30 heavy (non-hydrogen) atoms. The van der Waals surface area contributed by atoms with Gasteiger partial charge in [-0.05, 0) is 67.4 Å². The molecular weight excluding hydrogens is 385 g/mol. The van der Waals surface area contributed by atoms with Crippen LogP contribution in [0.5, 0.6) is 0 Å². The van der Waals surface area contributed by atoms with E-state index in [1.807, 2.05) is 30.4 Å². The average molecular weight is 409 g/mol. The first-order valence-electron chi connectivity index (χ1n) is 10.1. The van der Waals surface area contributed by atoms with Crippen molar-refractivity contribution >= 4 is 17.9 Å². The molecule has 1 aromatic heterocycles. The van der Waals surface area contributed by atoms with Crippen molar-refractivity contribution in [2.75, 3.05) is 0 Å². The van der Waals surface area contributed by atoms with E-state index in [-0.39, 0.29) is 17.8 Å².